The summed E-state index contributed by atoms with van der Waals surface area (Å²) >= 11 is 0. The van der Waals surface area contributed by atoms with Crippen molar-refractivity contribution in [3.05, 3.63) is 47.5 Å². The normalized spacial score (nSPS) is 16.2. The molecule has 0 bridgehead atoms. The highest BCUT2D eigenvalue weighted by molar-refractivity contribution is 5.95. The van der Waals surface area contributed by atoms with Crippen molar-refractivity contribution in [2.45, 2.75) is 33.2 Å². The van der Waals surface area contributed by atoms with Crippen molar-refractivity contribution in [1.82, 2.24) is 25.4 Å². The Hall–Kier alpha value is -2.70. The lowest BCUT2D eigenvalue weighted by Crippen LogP contribution is -2.34. The number of hydrogen-bond donors (Lipinski definition) is 2. The van der Waals surface area contributed by atoms with Crippen LogP contribution in [-0.2, 0) is 13.0 Å². The van der Waals surface area contributed by atoms with Gasteiger partial charge in [-0.2, -0.15) is 5.10 Å². The maximum absolute atomic E-state index is 12.4. The van der Waals surface area contributed by atoms with Crippen molar-refractivity contribution in [1.29, 1.82) is 0 Å². The SMILES string of the molecule is CC(C)CNC(=O)c1cnn2c1C[C@H](CNC(=O)c1cccnc1)CC2. The first-order valence-electron chi connectivity index (χ1n) is 9.05. The molecule has 26 heavy (non-hydrogen) atoms. The molecule has 0 fully saturated rings. The van der Waals surface area contributed by atoms with Gasteiger partial charge in [0.25, 0.3) is 11.8 Å². The van der Waals surface area contributed by atoms with Gasteiger partial charge in [-0.15, -0.1) is 0 Å². The van der Waals surface area contributed by atoms with Crippen LogP contribution in [0.2, 0.25) is 0 Å². The summed E-state index contributed by atoms with van der Waals surface area (Å²) in [5.41, 5.74) is 2.16. The molecule has 1 aliphatic rings. The van der Waals surface area contributed by atoms with E-state index in [0.29, 0.717) is 30.1 Å². The molecule has 3 heterocycles. The van der Waals surface area contributed by atoms with E-state index in [1.165, 1.54) is 0 Å². The molecule has 2 aromatic heterocycles. The van der Waals surface area contributed by atoms with E-state index in [1.807, 2.05) is 4.68 Å². The number of aromatic nitrogens is 3. The molecule has 0 spiro atoms. The molecule has 0 radical (unpaired) electrons. The van der Waals surface area contributed by atoms with Crippen LogP contribution in [0, 0.1) is 11.8 Å². The molecule has 138 valence electrons. The van der Waals surface area contributed by atoms with E-state index < -0.39 is 0 Å². The lowest BCUT2D eigenvalue weighted by molar-refractivity contribution is 0.0933. The zero-order valence-corrected chi connectivity index (χ0v) is 15.2. The maximum Gasteiger partial charge on any atom is 0.254 e. The minimum atomic E-state index is -0.118. The Labute approximate surface area is 153 Å². The Morgan fingerprint density at radius 1 is 1.27 bits per heavy atom. The van der Waals surface area contributed by atoms with Crippen LogP contribution in [0.3, 0.4) is 0 Å². The predicted molar refractivity (Wildman–Crippen MR) is 97.8 cm³/mol. The van der Waals surface area contributed by atoms with E-state index in [1.54, 1.807) is 30.7 Å². The molecule has 7 nitrogen and oxygen atoms in total. The first-order valence-corrected chi connectivity index (χ1v) is 9.05. The van der Waals surface area contributed by atoms with Gasteiger partial charge in [0, 0.05) is 32.0 Å². The molecule has 1 atom stereocenters. The molecule has 3 rings (SSSR count). The fraction of sp³-hybridized carbons (Fsp3) is 0.474. The maximum atomic E-state index is 12.4. The number of nitrogens with one attached hydrogen (secondary N) is 2. The lowest BCUT2D eigenvalue weighted by Gasteiger charge is -2.24. The fourth-order valence-corrected chi connectivity index (χ4v) is 3.09. The second-order valence-electron chi connectivity index (χ2n) is 7.14. The number of carbonyl (C=O) groups is 2. The average Bonchev–Trinajstić information content (AvgIpc) is 3.08. The number of aryl methyl sites for hydroxylation is 1. The summed E-state index contributed by atoms with van der Waals surface area (Å²) in [6, 6.07) is 3.49. The third-order valence-electron chi connectivity index (χ3n) is 4.57. The minimum Gasteiger partial charge on any atom is -0.352 e. The van der Waals surface area contributed by atoms with Crippen LogP contribution >= 0.6 is 0 Å². The van der Waals surface area contributed by atoms with E-state index in [0.717, 1.165) is 25.1 Å². The van der Waals surface area contributed by atoms with Crippen LogP contribution in [-0.4, -0.2) is 39.7 Å². The van der Waals surface area contributed by atoms with Gasteiger partial charge >= 0.3 is 0 Å². The van der Waals surface area contributed by atoms with Gasteiger partial charge in [0.1, 0.15) is 0 Å². The fourth-order valence-electron chi connectivity index (χ4n) is 3.09. The average molecular weight is 355 g/mol. The predicted octanol–water partition coefficient (Wildman–Crippen LogP) is 1.66. The molecule has 0 aromatic carbocycles. The van der Waals surface area contributed by atoms with Crippen molar-refractivity contribution in [2.24, 2.45) is 11.8 Å². The minimum absolute atomic E-state index is 0.0694. The lowest BCUT2D eigenvalue weighted by atomic mass is 9.94. The van der Waals surface area contributed by atoms with E-state index in [4.69, 9.17) is 0 Å². The third-order valence-corrected chi connectivity index (χ3v) is 4.57. The molecule has 0 saturated carbocycles. The van der Waals surface area contributed by atoms with Crippen molar-refractivity contribution in [2.75, 3.05) is 13.1 Å². The van der Waals surface area contributed by atoms with Gasteiger partial charge in [-0.05, 0) is 36.8 Å². The smallest absolute Gasteiger partial charge is 0.254 e. The van der Waals surface area contributed by atoms with Crippen LogP contribution in [0.15, 0.2) is 30.7 Å². The number of carbonyl (C=O) groups excluding carboxylic acids is 2. The molecule has 0 saturated heterocycles. The number of fused-ring (bicyclic) bond motifs is 1. The molecule has 2 amide bonds. The van der Waals surface area contributed by atoms with E-state index in [9.17, 15) is 9.59 Å². The molecular formula is C19H25N5O2. The molecule has 2 N–H and O–H groups in total. The Kier molecular flexibility index (Phi) is 5.65. The summed E-state index contributed by atoms with van der Waals surface area (Å²) in [4.78, 5) is 28.5. The van der Waals surface area contributed by atoms with Crippen LogP contribution < -0.4 is 10.6 Å². The van der Waals surface area contributed by atoms with Crippen molar-refractivity contribution in [3.63, 3.8) is 0 Å². The van der Waals surface area contributed by atoms with Crippen molar-refractivity contribution < 1.29 is 9.59 Å². The Balaban J connectivity index is 1.59. The topological polar surface area (TPSA) is 88.9 Å². The summed E-state index contributed by atoms with van der Waals surface area (Å²) in [5.74, 6) is 0.504. The summed E-state index contributed by atoms with van der Waals surface area (Å²) in [6.07, 6.45) is 6.52. The molecule has 1 aliphatic heterocycles. The van der Waals surface area contributed by atoms with Crippen LogP contribution in [0.5, 0.6) is 0 Å². The first-order chi connectivity index (χ1) is 12.5. The second-order valence-corrected chi connectivity index (χ2v) is 7.14. The van der Waals surface area contributed by atoms with Gasteiger partial charge in [0.15, 0.2) is 0 Å². The van der Waals surface area contributed by atoms with Crippen LogP contribution in [0.4, 0.5) is 0 Å². The van der Waals surface area contributed by atoms with Crippen LogP contribution in [0.1, 0.15) is 46.7 Å². The molecule has 2 aromatic rings. The Morgan fingerprint density at radius 3 is 2.85 bits per heavy atom. The second kappa shape index (κ2) is 8.12. The molecular weight excluding hydrogens is 330 g/mol. The highest BCUT2D eigenvalue weighted by Crippen LogP contribution is 2.22. The van der Waals surface area contributed by atoms with Crippen LogP contribution in [0.25, 0.3) is 0 Å². The highest BCUT2D eigenvalue weighted by atomic mass is 16.2. The highest BCUT2D eigenvalue weighted by Gasteiger charge is 2.25. The first kappa shape index (κ1) is 18.1. The number of pyridine rings is 1. The summed E-state index contributed by atoms with van der Waals surface area (Å²) in [7, 11) is 0. The largest absolute Gasteiger partial charge is 0.352 e. The van der Waals surface area contributed by atoms with Gasteiger partial charge in [-0.25, -0.2) is 0 Å². The number of amides is 2. The Morgan fingerprint density at radius 2 is 2.12 bits per heavy atom. The molecule has 0 unspecified atom stereocenters. The van der Waals surface area contributed by atoms with Gasteiger partial charge in [0.2, 0.25) is 0 Å². The number of rotatable bonds is 6. The summed E-state index contributed by atoms with van der Waals surface area (Å²) in [5, 5.41) is 10.3. The van der Waals surface area contributed by atoms with Gasteiger partial charge in [0.05, 0.1) is 23.0 Å². The number of nitrogens with zero attached hydrogens (tertiary/aromatic N) is 3. The van der Waals surface area contributed by atoms with Crippen molar-refractivity contribution >= 4 is 11.8 Å². The zero-order chi connectivity index (χ0) is 18.5. The van der Waals surface area contributed by atoms with Gasteiger partial charge < -0.3 is 10.6 Å². The quantitative estimate of drug-likeness (QED) is 0.825. The van der Waals surface area contributed by atoms with E-state index in [2.05, 4.69) is 34.6 Å². The van der Waals surface area contributed by atoms with E-state index >= 15 is 0 Å². The molecule has 7 heteroatoms. The molecule has 0 aliphatic carbocycles. The third kappa shape index (κ3) is 4.28. The van der Waals surface area contributed by atoms with Gasteiger partial charge in [-0.3, -0.25) is 19.3 Å². The summed E-state index contributed by atoms with van der Waals surface area (Å²) in [6.45, 7) is 6.11. The van der Waals surface area contributed by atoms with Crippen molar-refractivity contribution in [3.8, 4) is 0 Å². The Bertz CT molecular complexity index is 769. The van der Waals surface area contributed by atoms with E-state index in [-0.39, 0.29) is 17.7 Å². The van der Waals surface area contributed by atoms with Gasteiger partial charge in [-0.1, -0.05) is 13.8 Å². The zero-order valence-electron chi connectivity index (χ0n) is 15.2. The number of hydrogen-bond acceptors (Lipinski definition) is 4. The standard InChI is InChI=1S/C19H25N5O2/c1-13(2)9-21-19(26)16-12-23-24-7-5-14(8-17(16)24)10-22-18(25)15-4-3-6-20-11-15/h3-4,6,11-14H,5,7-10H2,1-2H3,(H,21,26)(H,22,25)/t14-/m1/s1. The monoisotopic (exact) mass is 355 g/mol. The summed E-state index contributed by atoms with van der Waals surface area (Å²) < 4.78 is 1.91.